The average Bonchev–Trinajstić information content (AvgIpc) is 2.38. The second-order valence-corrected chi connectivity index (χ2v) is 5.01. The lowest BCUT2D eigenvalue weighted by Crippen LogP contribution is -2.09. The van der Waals surface area contributed by atoms with Gasteiger partial charge in [0.1, 0.15) is 5.69 Å². The molecule has 2 nitrogen and oxygen atoms in total. The highest BCUT2D eigenvalue weighted by Gasteiger charge is 2.12. The minimum absolute atomic E-state index is 0.0746. The summed E-state index contributed by atoms with van der Waals surface area (Å²) in [5, 5.41) is 0. The quantitative estimate of drug-likeness (QED) is 0.804. The van der Waals surface area contributed by atoms with Crippen LogP contribution in [0.5, 0.6) is 0 Å². The van der Waals surface area contributed by atoms with Crippen molar-refractivity contribution in [2.45, 2.75) is 19.8 Å². The molecule has 0 atom stereocenters. The maximum atomic E-state index is 12.2. The van der Waals surface area contributed by atoms with Crippen molar-refractivity contribution in [3.63, 3.8) is 0 Å². The van der Waals surface area contributed by atoms with Crippen molar-refractivity contribution in [2.75, 3.05) is 0 Å². The van der Waals surface area contributed by atoms with E-state index in [1.165, 1.54) is 0 Å². The normalized spacial score (nSPS) is 10.3. The van der Waals surface area contributed by atoms with E-state index in [0.29, 0.717) is 12.1 Å². The predicted molar refractivity (Wildman–Crippen MR) is 75.8 cm³/mol. The highest BCUT2D eigenvalue weighted by Crippen LogP contribution is 2.15. The summed E-state index contributed by atoms with van der Waals surface area (Å²) in [6.07, 6.45) is 2.89. The summed E-state index contributed by atoms with van der Waals surface area (Å²) in [4.78, 5) is 16.4. The number of halogens is 1. The summed E-state index contributed by atoms with van der Waals surface area (Å²) in [6.45, 7) is 2.03. The summed E-state index contributed by atoms with van der Waals surface area (Å²) >= 11 is 3.41. The van der Waals surface area contributed by atoms with Crippen molar-refractivity contribution in [2.24, 2.45) is 0 Å². The Hall–Kier alpha value is -1.48. The van der Waals surface area contributed by atoms with Crippen LogP contribution < -0.4 is 0 Å². The van der Waals surface area contributed by atoms with Crippen LogP contribution in [0.25, 0.3) is 0 Å². The summed E-state index contributed by atoms with van der Waals surface area (Å²) in [5.74, 6) is 0.0746. The van der Waals surface area contributed by atoms with E-state index in [-0.39, 0.29) is 5.78 Å². The number of carbonyl (C=O) groups is 1. The molecule has 0 saturated carbocycles. The first-order valence-electron chi connectivity index (χ1n) is 5.92. The average molecular weight is 304 g/mol. The van der Waals surface area contributed by atoms with Crippen LogP contribution in [0.2, 0.25) is 0 Å². The second kappa shape index (κ2) is 5.91. The van der Waals surface area contributed by atoms with E-state index >= 15 is 0 Å². The van der Waals surface area contributed by atoms with E-state index in [4.69, 9.17) is 0 Å². The fraction of sp³-hybridized carbons (Fsp3) is 0.200. The molecule has 0 aliphatic heterocycles. The molecule has 18 heavy (non-hydrogen) atoms. The molecule has 0 fully saturated rings. The summed E-state index contributed by atoms with van der Waals surface area (Å²) in [5.41, 5.74) is 2.61. The largest absolute Gasteiger partial charge is 0.292 e. The summed E-state index contributed by atoms with van der Waals surface area (Å²) in [6, 6.07) is 11.6. The Bertz CT molecular complexity index is 566. The number of hydrogen-bond acceptors (Lipinski definition) is 2. The number of pyridine rings is 1. The summed E-state index contributed by atoms with van der Waals surface area (Å²) < 4.78 is 0.990. The van der Waals surface area contributed by atoms with Crippen LogP contribution in [0.3, 0.4) is 0 Å². The van der Waals surface area contributed by atoms with Gasteiger partial charge < -0.3 is 0 Å². The molecule has 92 valence electrons. The lowest BCUT2D eigenvalue weighted by Gasteiger charge is -2.05. The smallest absolute Gasteiger partial charge is 0.185 e. The van der Waals surface area contributed by atoms with Crippen LogP contribution >= 0.6 is 15.9 Å². The number of nitrogens with zero attached hydrogens (tertiary/aromatic N) is 1. The van der Waals surface area contributed by atoms with E-state index in [1.807, 2.05) is 43.3 Å². The fourth-order valence-electron chi connectivity index (χ4n) is 1.89. The third-order valence-electron chi connectivity index (χ3n) is 2.79. The number of benzene rings is 1. The van der Waals surface area contributed by atoms with Crippen LogP contribution in [-0.2, 0) is 12.8 Å². The van der Waals surface area contributed by atoms with Gasteiger partial charge in [0, 0.05) is 17.1 Å². The molecule has 0 unspecified atom stereocenters. The van der Waals surface area contributed by atoms with E-state index in [1.54, 1.807) is 6.20 Å². The molecule has 0 amide bonds. The molecule has 1 aromatic heterocycles. The standard InChI is InChI=1S/C15H14BrNO/c1-2-12-6-4-8-17-15(12)14(18)10-11-5-3-7-13(16)9-11/h3-9H,2,10H2,1H3. The van der Waals surface area contributed by atoms with Crippen molar-refractivity contribution >= 4 is 21.7 Å². The molecule has 0 N–H and O–H groups in total. The van der Waals surface area contributed by atoms with Crippen molar-refractivity contribution < 1.29 is 4.79 Å². The minimum Gasteiger partial charge on any atom is -0.292 e. The van der Waals surface area contributed by atoms with E-state index in [0.717, 1.165) is 22.0 Å². The van der Waals surface area contributed by atoms with Gasteiger partial charge in [-0.15, -0.1) is 0 Å². The Morgan fingerprint density at radius 1 is 1.28 bits per heavy atom. The molecule has 0 bridgehead atoms. The molecule has 0 saturated heterocycles. The van der Waals surface area contributed by atoms with E-state index < -0.39 is 0 Å². The van der Waals surface area contributed by atoms with Gasteiger partial charge in [0.15, 0.2) is 5.78 Å². The second-order valence-electron chi connectivity index (χ2n) is 4.09. The molecule has 0 aliphatic carbocycles. The Balaban J connectivity index is 2.22. The Labute approximate surface area is 115 Å². The zero-order valence-electron chi connectivity index (χ0n) is 10.2. The van der Waals surface area contributed by atoms with Crippen LogP contribution in [-0.4, -0.2) is 10.8 Å². The molecule has 0 radical (unpaired) electrons. The van der Waals surface area contributed by atoms with Gasteiger partial charge in [-0.2, -0.15) is 0 Å². The molecular weight excluding hydrogens is 290 g/mol. The van der Waals surface area contributed by atoms with Crippen LogP contribution in [0.4, 0.5) is 0 Å². The predicted octanol–water partition coefficient (Wildman–Crippen LogP) is 3.83. The molecule has 0 aliphatic rings. The van der Waals surface area contributed by atoms with Gasteiger partial charge in [0.25, 0.3) is 0 Å². The van der Waals surface area contributed by atoms with Gasteiger partial charge in [-0.3, -0.25) is 9.78 Å². The summed E-state index contributed by atoms with van der Waals surface area (Å²) in [7, 11) is 0. The molecule has 2 aromatic rings. The fourth-order valence-corrected chi connectivity index (χ4v) is 2.34. The lowest BCUT2D eigenvalue weighted by molar-refractivity contribution is 0.0987. The first-order chi connectivity index (χ1) is 8.70. The van der Waals surface area contributed by atoms with Crippen molar-refractivity contribution in [1.29, 1.82) is 0 Å². The number of Topliss-reactive ketones (excluding diaryl/α,β-unsaturated/α-hetero) is 1. The van der Waals surface area contributed by atoms with Gasteiger partial charge in [-0.25, -0.2) is 0 Å². The Morgan fingerprint density at radius 2 is 2.11 bits per heavy atom. The lowest BCUT2D eigenvalue weighted by atomic mass is 10.0. The first kappa shape index (κ1) is 13.0. The Kier molecular flexibility index (Phi) is 4.26. The number of aryl methyl sites for hydroxylation is 1. The highest BCUT2D eigenvalue weighted by molar-refractivity contribution is 9.10. The van der Waals surface area contributed by atoms with Crippen LogP contribution in [0.1, 0.15) is 28.5 Å². The number of rotatable bonds is 4. The number of hydrogen-bond donors (Lipinski definition) is 0. The van der Waals surface area contributed by atoms with Crippen LogP contribution in [0, 0.1) is 0 Å². The van der Waals surface area contributed by atoms with E-state index in [2.05, 4.69) is 20.9 Å². The van der Waals surface area contributed by atoms with Gasteiger partial charge in [-0.1, -0.05) is 41.1 Å². The highest BCUT2D eigenvalue weighted by atomic mass is 79.9. The first-order valence-corrected chi connectivity index (χ1v) is 6.71. The van der Waals surface area contributed by atoms with Gasteiger partial charge in [0.05, 0.1) is 0 Å². The topological polar surface area (TPSA) is 30.0 Å². The van der Waals surface area contributed by atoms with Crippen molar-refractivity contribution in [3.8, 4) is 0 Å². The molecule has 2 rings (SSSR count). The molecule has 3 heteroatoms. The van der Waals surface area contributed by atoms with Gasteiger partial charge in [-0.05, 0) is 35.7 Å². The molecule has 0 spiro atoms. The van der Waals surface area contributed by atoms with Gasteiger partial charge >= 0.3 is 0 Å². The van der Waals surface area contributed by atoms with Crippen molar-refractivity contribution in [3.05, 3.63) is 63.9 Å². The molecule has 1 heterocycles. The number of ketones is 1. The molecule has 1 aromatic carbocycles. The Morgan fingerprint density at radius 3 is 2.83 bits per heavy atom. The maximum Gasteiger partial charge on any atom is 0.185 e. The van der Waals surface area contributed by atoms with E-state index in [9.17, 15) is 4.79 Å². The zero-order valence-corrected chi connectivity index (χ0v) is 11.8. The zero-order chi connectivity index (χ0) is 13.0. The SMILES string of the molecule is CCc1cccnc1C(=O)Cc1cccc(Br)c1. The monoisotopic (exact) mass is 303 g/mol. The minimum atomic E-state index is 0.0746. The maximum absolute atomic E-state index is 12.2. The third-order valence-corrected chi connectivity index (χ3v) is 3.28. The van der Waals surface area contributed by atoms with Crippen molar-refractivity contribution in [1.82, 2.24) is 4.98 Å². The third kappa shape index (κ3) is 3.05. The van der Waals surface area contributed by atoms with Crippen LogP contribution in [0.15, 0.2) is 47.1 Å². The number of carbonyl (C=O) groups excluding carboxylic acids is 1. The number of aromatic nitrogens is 1. The van der Waals surface area contributed by atoms with Gasteiger partial charge in [0.2, 0.25) is 0 Å². The molecular formula is C15H14BrNO.